The van der Waals surface area contributed by atoms with Gasteiger partial charge in [-0.1, -0.05) is 0 Å². The van der Waals surface area contributed by atoms with E-state index in [4.69, 9.17) is 0 Å². The zero-order valence-corrected chi connectivity index (χ0v) is 15.1. The fourth-order valence-corrected chi connectivity index (χ4v) is 4.14. The van der Waals surface area contributed by atoms with Crippen LogP contribution in [0, 0.1) is 5.92 Å². The Hall–Kier alpha value is -1.60. The first-order valence-electron chi connectivity index (χ1n) is 8.62. The number of aromatic amines is 1. The molecule has 132 valence electrons. The zero-order valence-electron chi connectivity index (χ0n) is 14.2. The van der Waals surface area contributed by atoms with Crippen molar-refractivity contribution in [3.05, 3.63) is 24.4 Å². The van der Waals surface area contributed by atoms with E-state index in [0.29, 0.717) is 5.92 Å². The lowest BCUT2D eigenvalue weighted by Crippen LogP contribution is -2.41. The third kappa shape index (κ3) is 4.08. The van der Waals surface area contributed by atoms with Gasteiger partial charge in [-0.15, -0.1) is 0 Å². The van der Waals surface area contributed by atoms with Crippen molar-refractivity contribution in [1.82, 2.24) is 14.9 Å². The van der Waals surface area contributed by atoms with Crippen molar-refractivity contribution in [3.63, 3.8) is 0 Å². The van der Waals surface area contributed by atoms with Gasteiger partial charge in [-0.25, -0.2) is 13.1 Å². The van der Waals surface area contributed by atoms with Gasteiger partial charge >= 0.3 is 0 Å². The highest BCUT2D eigenvalue weighted by Gasteiger charge is 2.26. The third-order valence-corrected chi connectivity index (χ3v) is 6.74. The van der Waals surface area contributed by atoms with E-state index in [1.54, 1.807) is 13.8 Å². The Morgan fingerprint density at radius 2 is 2.00 bits per heavy atom. The number of benzene rings is 1. The molecule has 24 heavy (non-hydrogen) atoms. The van der Waals surface area contributed by atoms with Gasteiger partial charge in [0, 0.05) is 23.7 Å². The zero-order chi connectivity index (χ0) is 17.2. The van der Waals surface area contributed by atoms with Crippen LogP contribution in [-0.4, -0.2) is 36.5 Å². The summed E-state index contributed by atoms with van der Waals surface area (Å²) < 4.78 is 26.7. The highest BCUT2D eigenvalue weighted by atomic mass is 32.2. The van der Waals surface area contributed by atoms with E-state index in [1.807, 2.05) is 12.3 Å². The number of nitrogens with zero attached hydrogens (tertiary/aromatic N) is 1. The molecule has 6 nitrogen and oxygen atoms in total. The van der Waals surface area contributed by atoms with Crippen LogP contribution in [0.25, 0.3) is 10.9 Å². The molecule has 0 saturated heterocycles. The fraction of sp³-hybridized carbons (Fsp3) is 0.588. The van der Waals surface area contributed by atoms with E-state index in [2.05, 4.69) is 32.4 Å². The Kier molecular flexibility index (Phi) is 5.10. The quantitative estimate of drug-likeness (QED) is 0.748. The highest BCUT2D eigenvalue weighted by molar-refractivity contribution is 7.90. The Morgan fingerprint density at radius 1 is 1.25 bits per heavy atom. The van der Waals surface area contributed by atoms with Crippen LogP contribution < -0.4 is 10.0 Å². The normalized spacial score (nSPS) is 22.1. The molecule has 0 unspecified atom stereocenters. The van der Waals surface area contributed by atoms with Gasteiger partial charge in [0.2, 0.25) is 10.0 Å². The maximum atomic E-state index is 11.9. The van der Waals surface area contributed by atoms with Crippen molar-refractivity contribution < 1.29 is 8.42 Å². The van der Waals surface area contributed by atoms with Crippen molar-refractivity contribution in [2.75, 3.05) is 11.9 Å². The lowest BCUT2D eigenvalue weighted by Gasteiger charge is -2.29. The van der Waals surface area contributed by atoms with E-state index in [0.717, 1.165) is 48.8 Å². The number of nitrogens with one attached hydrogen (secondary N) is 3. The number of hydrogen-bond donors (Lipinski definition) is 3. The van der Waals surface area contributed by atoms with Crippen LogP contribution in [0.2, 0.25) is 0 Å². The first-order valence-corrected chi connectivity index (χ1v) is 10.2. The summed E-state index contributed by atoms with van der Waals surface area (Å²) in [6.45, 7) is 4.36. The van der Waals surface area contributed by atoms with E-state index in [9.17, 15) is 8.42 Å². The number of rotatable bonds is 6. The molecule has 0 radical (unpaired) electrons. The monoisotopic (exact) mass is 350 g/mol. The van der Waals surface area contributed by atoms with Gasteiger partial charge in [-0.05, 0) is 63.6 Å². The molecule has 0 spiro atoms. The molecule has 0 atom stereocenters. The Labute approximate surface area is 143 Å². The SMILES string of the molecule is CC(C)S(=O)(=O)NC1CCC(CNc2ccc3[nH]ncc3c2)CC1. The van der Waals surface area contributed by atoms with Crippen LogP contribution >= 0.6 is 0 Å². The average Bonchev–Trinajstić information content (AvgIpc) is 3.01. The molecule has 7 heteroatoms. The standard InChI is InChI=1S/C17H26N4O2S/c1-12(2)24(22,23)21-15-5-3-13(4-6-15)10-18-16-7-8-17-14(9-16)11-19-20-17/h7-9,11-13,15,18,21H,3-6,10H2,1-2H3,(H,19,20). The molecule has 1 aliphatic rings. The van der Waals surface area contributed by atoms with Gasteiger partial charge in [0.25, 0.3) is 0 Å². The lowest BCUT2D eigenvalue weighted by atomic mass is 9.86. The second-order valence-corrected chi connectivity index (χ2v) is 9.25. The predicted molar refractivity (Wildman–Crippen MR) is 97.5 cm³/mol. The molecule has 1 aromatic carbocycles. The maximum Gasteiger partial charge on any atom is 0.214 e. The molecule has 3 rings (SSSR count). The largest absolute Gasteiger partial charge is 0.385 e. The fourth-order valence-electron chi connectivity index (χ4n) is 3.17. The number of sulfonamides is 1. The summed E-state index contributed by atoms with van der Waals surface area (Å²) in [4.78, 5) is 0. The molecule has 1 aliphatic carbocycles. The summed E-state index contributed by atoms with van der Waals surface area (Å²) in [5, 5.41) is 11.2. The summed E-state index contributed by atoms with van der Waals surface area (Å²) in [5.74, 6) is 0.588. The highest BCUT2D eigenvalue weighted by Crippen LogP contribution is 2.26. The summed E-state index contributed by atoms with van der Waals surface area (Å²) >= 11 is 0. The molecular formula is C17H26N4O2S. The minimum Gasteiger partial charge on any atom is -0.385 e. The number of hydrogen-bond acceptors (Lipinski definition) is 4. The van der Waals surface area contributed by atoms with E-state index in [-0.39, 0.29) is 11.3 Å². The van der Waals surface area contributed by atoms with Gasteiger partial charge in [-0.3, -0.25) is 5.10 Å². The molecule has 1 fully saturated rings. The Bertz CT molecular complexity index is 777. The van der Waals surface area contributed by atoms with Crippen LogP contribution in [0.4, 0.5) is 5.69 Å². The number of aromatic nitrogens is 2. The molecule has 1 aromatic heterocycles. The molecule has 0 bridgehead atoms. The molecular weight excluding hydrogens is 324 g/mol. The van der Waals surface area contributed by atoms with E-state index >= 15 is 0 Å². The number of fused-ring (bicyclic) bond motifs is 1. The third-order valence-electron chi connectivity index (χ3n) is 4.83. The summed E-state index contributed by atoms with van der Waals surface area (Å²) in [6.07, 6.45) is 5.75. The lowest BCUT2D eigenvalue weighted by molar-refractivity contribution is 0.323. The van der Waals surface area contributed by atoms with Gasteiger partial charge in [0.05, 0.1) is 17.0 Å². The van der Waals surface area contributed by atoms with Crippen LogP contribution in [0.15, 0.2) is 24.4 Å². The summed E-state index contributed by atoms with van der Waals surface area (Å²) in [7, 11) is -3.16. The van der Waals surface area contributed by atoms with Crippen molar-refractivity contribution in [2.24, 2.45) is 5.92 Å². The number of H-pyrrole nitrogens is 1. The topological polar surface area (TPSA) is 86.9 Å². The van der Waals surface area contributed by atoms with Crippen molar-refractivity contribution >= 4 is 26.6 Å². The van der Waals surface area contributed by atoms with Gasteiger partial charge in [0.15, 0.2) is 0 Å². The molecule has 0 aliphatic heterocycles. The van der Waals surface area contributed by atoms with Crippen molar-refractivity contribution in [1.29, 1.82) is 0 Å². The molecule has 0 amide bonds. The number of anilines is 1. The smallest absolute Gasteiger partial charge is 0.214 e. The molecule has 1 saturated carbocycles. The van der Waals surface area contributed by atoms with Gasteiger partial charge in [-0.2, -0.15) is 5.10 Å². The van der Waals surface area contributed by atoms with Crippen LogP contribution in [-0.2, 0) is 10.0 Å². The summed E-state index contributed by atoms with van der Waals surface area (Å²) in [6, 6.07) is 6.28. The molecule has 2 aromatic rings. The minimum atomic E-state index is -3.16. The summed E-state index contributed by atoms with van der Waals surface area (Å²) in [5.41, 5.74) is 2.14. The first-order chi connectivity index (χ1) is 11.4. The second kappa shape index (κ2) is 7.11. The Balaban J connectivity index is 1.47. The van der Waals surface area contributed by atoms with Crippen LogP contribution in [0.5, 0.6) is 0 Å². The first kappa shape index (κ1) is 17.2. The second-order valence-electron chi connectivity index (χ2n) is 6.98. The van der Waals surface area contributed by atoms with E-state index in [1.165, 1.54) is 0 Å². The van der Waals surface area contributed by atoms with Crippen molar-refractivity contribution in [2.45, 2.75) is 50.8 Å². The van der Waals surface area contributed by atoms with Crippen LogP contribution in [0.3, 0.4) is 0 Å². The average molecular weight is 350 g/mol. The van der Waals surface area contributed by atoms with Crippen LogP contribution in [0.1, 0.15) is 39.5 Å². The maximum absolute atomic E-state index is 11.9. The van der Waals surface area contributed by atoms with E-state index < -0.39 is 10.0 Å². The van der Waals surface area contributed by atoms with Gasteiger partial charge < -0.3 is 5.32 Å². The minimum absolute atomic E-state index is 0.0935. The molecule has 1 heterocycles. The Morgan fingerprint density at radius 3 is 2.71 bits per heavy atom. The molecule has 3 N–H and O–H groups in total. The van der Waals surface area contributed by atoms with Gasteiger partial charge in [0.1, 0.15) is 0 Å². The van der Waals surface area contributed by atoms with Crippen molar-refractivity contribution in [3.8, 4) is 0 Å². The predicted octanol–water partition coefficient (Wildman–Crippen LogP) is 2.86.